The van der Waals surface area contributed by atoms with E-state index in [9.17, 15) is 9.59 Å². The average molecular weight is 337 g/mol. The summed E-state index contributed by atoms with van der Waals surface area (Å²) in [7, 11) is 2.98. The predicted octanol–water partition coefficient (Wildman–Crippen LogP) is 1.50. The van der Waals surface area contributed by atoms with Crippen LogP contribution in [0.2, 0.25) is 0 Å². The van der Waals surface area contributed by atoms with Crippen LogP contribution < -0.4 is 9.47 Å². The van der Waals surface area contributed by atoms with Crippen LogP contribution >= 0.6 is 0 Å². The molecule has 0 saturated carbocycles. The second-order valence-electron chi connectivity index (χ2n) is 5.70. The minimum atomic E-state index is -0.614. The van der Waals surface area contributed by atoms with E-state index in [0.29, 0.717) is 24.6 Å². The molecule has 7 heteroatoms. The van der Waals surface area contributed by atoms with E-state index >= 15 is 0 Å². The lowest BCUT2D eigenvalue weighted by Crippen LogP contribution is -2.49. The number of hydrogen-bond donors (Lipinski definition) is 0. The highest BCUT2D eigenvalue weighted by molar-refractivity contribution is 5.94. The van der Waals surface area contributed by atoms with Crippen LogP contribution in [0.5, 0.6) is 11.5 Å². The highest BCUT2D eigenvalue weighted by Crippen LogP contribution is 2.25. The first-order valence-electron chi connectivity index (χ1n) is 7.77. The van der Waals surface area contributed by atoms with Gasteiger partial charge in [0.1, 0.15) is 17.1 Å². The molecular weight excluding hydrogens is 314 g/mol. The monoisotopic (exact) mass is 337 g/mol. The minimum Gasteiger partial charge on any atom is -0.497 e. The zero-order valence-electron chi connectivity index (χ0n) is 14.4. The van der Waals surface area contributed by atoms with E-state index in [1.807, 2.05) is 13.8 Å². The summed E-state index contributed by atoms with van der Waals surface area (Å²) in [6.07, 6.45) is -0.0647. The molecule has 1 aromatic carbocycles. The van der Waals surface area contributed by atoms with Crippen LogP contribution in [-0.2, 0) is 14.3 Å². The maximum absolute atomic E-state index is 12.2. The molecule has 0 aromatic heterocycles. The molecule has 2 rings (SSSR count). The van der Waals surface area contributed by atoms with Crippen LogP contribution in [0, 0.1) is 0 Å². The molecule has 1 aliphatic heterocycles. The summed E-state index contributed by atoms with van der Waals surface area (Å²) in [4.78, 5) is 26.1. The van der Waals surface area contributed by atoms with Crippen LogP contribution in [0.1, 0.15) is 24.2 Å². The van der Waals surface area contributed by atoms with Crippen LogP contribution in [0.15, 0.2) is 18.2 Å². The van der Waals surface area contributed by atoms with Crippen molar-refractivity contribution in [2.45, 2.75) is 26.1 Å². The summed E-state index contributed by atoms with van der Waals surface area (Å²) < 4.78 is 21.0. The van der Waals surface area contributed by atoms with E-state index in [-0.39, 0.29) is 30.3 Å². The largest absolute Gasteiger partial charge is 0.497 e. The van der Waals surface area contributed by atoms with Gasteiger partial charge in [-0.25, -0.2) is 4.79 Å². The fourth-order valence-electron chi connectivity index (χ4n) is 2.65. The third kappa shape index (κ3) is 4.38. The topological polar surface area (TPSA) is 74.3 Å². The molecule has 0 aliphatic carbocycles. The summed E-state index contributed by atoms with van der Waals surface area (Å²) >= 11 is 0. The molecule has 0 unspecified atom stereocenters. The summed E-state index contributed by atoms with van der Waals surface area (Å²) in [5.41, 5.74) is 0.245. The Morgan fingerprint density at radius 2 is 1.83 bits per heavy atom. The second kappa shape index (κ2) is 8.01. The van der Waals surface area contributed by atoms with Crippen molar-refractivity contribution in [3.8, 4) is 11.5 Å². The van der Waals surface area contributed by atoms with Crippen molar-refractivity contribution in [1.82, 2.24) is 4.90 Å². The molecule has 0 radical (unpaired) electrons. The average Bonchev–Trinajstić information content (AvgIpc) is 2.57. The van der Waals surface area contributed by atoms with Gasteiger partial charge in [0, 0.05) is 19.2 Å². The van der Waals surface area contributed by atoms with Crippen LogP contribution in [-0.4, -0.2) is 62.9 Å². The molecule has 132 valence electrons. The molecule has 1 fully saturated rings. The second-order valence-corrected chi connectivity index (χ2v) is 5.70. The maximum atomic E-state index is 12.2. The van der Waals surface area contributed by atoms with Crippen molar-refractivity contribution < 1.29 is 28.5 Å². The first kappa shape index (κ1) is 18.1. The molecular formula is C17H23NO6. The third-order valence-corrected chi connectivity index (χ3v) is 3.73. The molecule has 24 heavy (non-hydrogen) atoms. The number of morpholine rings is 1. The lowest BCUT2D eigenvalue weighted by Gasteiger charge is -2.35. The Kier molecular flexibility index (Phi) is 6.03. The van der Waals surface area contributed by atoms with Gasteiger partial charge in [-0.2, -0.15) is 0 Å². The van der Waals surface area contributed by atoms with Gasteiger partial charge in [-0.1, -0.05) is 0 Å². The van der Waals surface area contributed by atoms with Crippen molar-refractivity contribution >= 4 is 11.9 Å². The first-order chi connectivity index (χ1) is 11.4. The molecule has 0 spiro atoms. The Morgan fingerprint density at radius 1 is 1.17 bits per heavy atom. The van der Waals surface area contributed by atoms with E-state index in [2.05, 4.69) is 0 Å². The van der Waals surface area contributed by atoms with E-state index in [1.54, 1.807) is 23.1 Å². The minimum absolute atomic E-state index is 0.0323. The number of hydrogen-bond acceptors (Lipinski definition) is 6. The van der Waals surface area contributed by atoms with Crippen molar-refractivity contribution in [3.63, 3.8) is 0 Å². The van der Waals surface area contributed by atoms with Gasteiger partial charge >= 0.3 is 5.97 Å². The van der Waals surface area contributed by atoms with Gasteiger partial charge in [0.2, 0.25) is 0 Å². The molecule has 1 amide bonds. The maximum Gasteiger partial charge on any atom is 0.342 e. The Hall–Kier alpha value is -2.28. The summed E-state index contributed by atoms with van der Waals surface area (Å²) in [6.45, 7) is 4.49. The lowest BCUT2D eigenvalue weighted by molar-refractivity contribution is -0.146. The summed E-state index contributed by atoms with van der Waals surface area (Å²) in [6, 6.07) is 4.76. The number of amides is 1. The van der Waals surface area contributed by atoms with Crippen LogP contribution in [0.25, 0.3) is 0 Å². The van der Waals surface area contributed by atoms with Gasteiger partial charge in [-0.05, 0) is 26.0 Å². The van der Waals surface area contributed by atoms with Crippen molar-refractivity contribution in [2.24, 2.45) is 0 Å². The fourth-order valence-corrected chi connectivity index (χ4v) is 2.65. The van der Waals surface area contributed by atoms with Crippen molar-refractivity contribution in [3.05, 3.63) is 23.8 Å². The van der Waals surface area contributed by atoms with Crippen LogP contribution in [0.3, 0.4) is 0 Å². The number of rotatable bonds is 5. The van der Waals surface area contributed by atoms with Gasteiger partial charge in [0.25, 0.3) is 5.91 Å². The number of carbonyl (C=O) groups is 2. The smallest absolute Gasteiger partial charge is 0.342 e. The summed E-state index contributed by atoms with van der Waals surface area (Å²) in [5.74, 6) is 0.0474. The molecule has 1 aliphatic rings. The molecule has 2 atom stereocenters. The van der Waals surface area contributed by atoms with Crippen molar-refractivity contribution in [1.29, 1.82) is 0 Å². The van der Waals surface area contributed by atoms with Gasteiger partial charge < -0.3 is 23.8 Å². The summed E-state index contributed by atoms with van der Waals surface area (Å²) in [5, 5.41) is 0. The quantitative estimate of drug-likeness (QED) is 0.758. The molecule has 7 nitrogen and oxygen atoms in total. The molecule has 0 bridgehead atoms. The Labute approximate surface area is 141 Å². The normalized spacial score (nSPS) is 20.4. The van der Waals surface area contributed by atoms with Gasteiger partial charge in [-0.3, -0.25) is 4.79 Å². The number of benzene rings is 1. The highest BCUT2D eigenvalue weighted by Gasteiger charge is 2.26. The van der Waals surface area contributed by atoms with E-state index in [4.69, 9.17) is 18.9 Å². The fraction of sp³-hybridized carbons (Fsp3) is 0.529. The van der Waals surface area contributed by atoms with Gasteiger partial charge in [-0.15, -0.1) is 0 Å². The SMILES string of the molecule is COc1ccc(C(=O)OCC(=O)N2C[C@@H](C)O[C@H](C)C2)c(OC)c1. The van der Waals surface area contributed by atoms with E-state index < -0.39 is 5.97 Å². The van der Waals surface area contributed by atoms with Gasteiger partial charge in [0.05, 0.1) is 26.4 Å². The molecule has 1 saturated heterocycles. The molecule has 1 heterocycles. The Bertz CT molecular complexity index is 593. The Balaban J connectivity index is 1.96. The molecule has 0 N–H and O–H groups in total. The zero-order valence-corrected chi connectivity index (χ0v) is 14.4. The third-order valence-electron chi connectivity index (χ3n) is 3.73. The number of methoxy groups -OCH3 is 2. The first-order valence-corrected chi connectivity index (χ1v) is 7.77. The number of nitrogens with zero attached hydrogens (tertiary/aromatic N) is 1. The standard InChI is InChI=1S/C17H23NO6/c1-11-8-18(9-12(2)24-11)16(19)10-23-17(20)14-6-5-13(21-3)7-15(14)22-4/h5-7,11-12H,8-10H2,1-4H3/t11-,12-/m1/s1. The van der Waals surface area contributed by atoms with Crippen molar-refractivity contribution in [2.75, 3.05) is 33.9 Å². The predicted molar refractivity (Wildman–Crippen MR) is 86.4 cm³/mol. The Morgan fingerprint density at radius 3 is 2.42 bits per heavy atom. The van der Waals surface area contributed by atoms with E-state index in [0.717, 1.165) is 0 Å². The highest BCUT2D eigenvalue weighted by atomic mass is 16.5. The van der Waals surface area contributed by atoms with Gasteiger partial charge in [0.15, 0.2) is 6.61 Å². The lowest BCUT2D eigenvalue weighted by atomic mass is 10.2. The number of ether oxygens (including phenoxy) is 4. The van der Waals surface area contributed by atoms with E-state index in [1.165, 1.54) is 14.2 Å². The number of esters is 1. The molecule has 1 aromatic rings. The zero-order chi connectivity index (χ0) is 17.7. The number of carbonyl (C=O) groups excluding carboxylic acids is 2. The van der Waals surface area contributed by atoms with Crippen LogP contribution in [0.4, 0.5) is 0 Å².